The Balaban J connectivity index is 0.00000320. The number of rotatable bonds is 8. The van der Waals surface area contributed by atoms with Crippen molar-refractivity contribution in [2.24, 2.45) is 10.9 Å². The van der Waals surface area contributed by atoms with Crippen molar-refractivity contribution >= 4 is 35.8 Å². The van der Waals surface area contributed by atoms with Crippen LogP contribution in [0.1, 0.15) is 63.5 Å². The van der Waals surface area contributed by atoms with E-state index in [2.05, 4.69) is 20.9 Å². The Morgan fingerprint density at radius 3 is 2.60 bits per heavy atom. The van der Waals surface area contributed by atoms with Crippen LogP contribution >= 0.6 is 24.0 Å². The summed E-state index contributed by atoms with van der Waals surface area (Å²) in [5, 5.41) is 9.31. The first-order valence-electron chi connectivity index (χ1n) is 10.7. The summed E-state index contributed by atoms with van der Waals surface area (Å²) in [5.41, 5.74) is 0.788. The number of nitrogens with one attached hydrogen (secondary N) is 3. The first-order chi connectivity index (χ1) is 14.0. The molecule has 3 N–H and O–H groups in total. The van der Waals surface area contributed by atoms with Gasteiger partial charge in [0.1, 0.15) is 0 Å². The van der Waals surface area contributed by atoms with Crippen molar-refractivity contribution < 1.29 is 13.9 Å². The number of carbonyl (C=O) groups is 1. The van der Waals surface area contributed by atoms with Gasteiger partial charge in [-0.25, -0.2) is 4.39 Å². The third-order valence-electron chi connectivity index (χ3n) is 5.59. The normalized spacial score (nSPS) is 18.2. The average molecular weight is 532 g/mol. The number of amides is 1. The van der Waals surface area contributed by atoms with Crippen molar-refractivity contribution in [2.75, 3.05) is 20.2 Å². The van der Waals surface area contributed by atoms with Gasteiger partial charge in [0.2, 0.25) is 5.91 Å². The first-order valence-corrected chi connectivity index (χ1v) is 10.7. The molecule has 6 nitrogen and oxygen atoms in total. The maximum atomic E-state index is 14.3. The third kappa shape index (κ3) is 7.92. The molecule has 2 saturated carbocycles. The SMILES string of the molecule is CN=C(NCC(=O)NC1CCCCC1)NC(C)c1ccc(OCC2CC2)c(F)c1.I. The van der Waals surface area contributed by atoms with Crippen LogP contribution in [0.25, 0.3) is 0 Å². The molecule has 2 aliphatic rings. The van der Waals surface area contributed by atoms with Gasteiger partial charge in [0.05, 0.1) is 19.2 Å². The predicted octanol–water partition coefficient (Wildman–Crippen LogP) is 3.91. The number of benzene rings is 1. The van der Waals surface area contributed by atoms with Gasteiger partial charge >= 0.3 is 0 Å². The number of halogens is 2. The Labute approximate surface area is 195 Å². The van der Waals surface area contributed by atoms with E-state index in [9.17, 15) is 9.18 Å². The lowest BCUT2D eigenvalue weighted by Gasteiger charge is -2.23. The van der Waals surface area contributed by atoms with Gasteiger partial charge < -0.3 is 20.7 Å². The van der Waals surface area contributed by atoms with Crippen molar-refractivity contribution in [2.45, 2.75) is 64.0 Å². The quantitative estimate of drug-likeness (QED) is 0.270. The fourth-order valence-electron chi connectivity index (χ4n) is 3.57. The Kier molecular flexibility index (Phi) is 10.1. The Bertz CT molecular complexity index is 721. The van der Waals surface area contributed by atoms with Crippen LogP contribution in [0.3, 0.4) is 0 Å². The minimum absolute atomic E-state index is 0. The van der Waals surface area contributed by atoms with Crippen molar-refractivity contribution in [3.8, 4) is 5.75 Å². The van der Waals surface area contributed by atoms with Gasteiger partial charge in [-0.15, -0.1) is 24.0 Å². The van der Waals surface area contributed by atoms with E-state index in [1.54, 1.807) is 13.1 Å². The van der Waals surface area contributed by atoms with E-state index >= 15 is 0 Å². The zero-order valence-electron chi connectivity index (χ0n) is 17.9. The van der Waals surface area contributed by atoms with Gasteiger partial charge in [-0.05, 0) is 56.2 Å². The molecule has 1 aromatic carbocycles. The van der Waals surface area contributed by atoms with E-state index in [1.807, 2.05) is 13.0 Å². The molecule has 1 atom stereocenters. The number of hydrogen-bond acceptors (Lipinski definition) is 3. The highest BCUT2D eigenvalue weighted by Crippen LogP contribution is 2.30. The molecule has 1 unspecified atom stereocenters. The second-order valence-corrected chi connectivity index (χ2v) is 8.14. The topological polar surface area (TPSA) is 74.8 Å². The van der Waals surface area contributed by atoms with E-state index in [0.717, 1.165) is 18.4 Å². The Hall–Kier alpha value is -1.58. The molecule has 30 heavy (non-hydrogen) atoms. The number of guanidine groups is 1. The molecule has 1 amide bonds. The second-order valence-electron chi connectivity index (χ2n) is 8.14. The lowest BCUT2D eigenvalue weighted by molar-refractivity contribution is -0.120. The molecule has 2 aliphatic carbocycles. The molecule has 2 fully saturated rings. The smallest absolute Gasteiger partial charge is 0.239 e. The predicted molar refractivity (Wildman–Crippen MR) is 128 cm³/mol. The molecular weight excluding hydrogens is 498 g/mol. The highest BCUT2D eigenvalue weighted by atomic mass is 127. The summed E-state index contributed by atoms with van der Waals surface area (Å²) in [6, 6.07) is 5.14. The first kappa shape index (κ1) is 24.7. The standard InChI is InChI=1S/C22H33FN4O2.HI/c1-15(17-10-11-20(19(23)12-17)29-14-16-8-9-16)26-22(24-2)25-13-21(28)27-18-6-4-3-5-7-18;/h10-12,15-16,18H,3-9,13-14H2,1-2H3,(H,27,28)(H2,24,25,26);1H. The van der Waals surface area contributed by atoms with Crippen LogP contribution in [0, 0.1) is 11.7 Å². The van der Waals surface area contributed by atoms with Gasteiger partial charge in [0.25, 0.3) is 0 Å². The lowest BCUT2D eigenvalue weighted by atomic mass is 9.95. The van der Waals surface area contributed by atoms with Crippen LogP contribution in [-0.2, 0) is 4.79 Å². The maximum Gasteiger partial charge on any atom is 0.239 e. The minimum Gasteiger partial charge on any atom is -0.490 e. The summed E-state index contributed by atoms with van der Waals surface area (Å²) in [6.07, 6.45) is 8.08. The fraction of sp³-hybridized carbons (Fsp3) is 0.636. The van der Waals surface area contributed by atoms with Crippen LogP contribution in [0.5, 0.6) is 5.75 Å². The van der Waals surface area contributed by atoms with Crippen LogP contribution in [-0.4, -0.2) is 38.1 Å². The van der Waals surface area contributed by atoms with Gasteiger partial charge in [0.15, 0.2) is 17.5 Å². The number of nitrogens with zero attached hydrogens (tertiary/aromatic N) is 1. The molecule has 0 saturated heterocycles. The molecule has 1 aromatic rings. The summed E-state index contributed by atoms with van der Waals surface area (Å²) in [7, 11) is 1.65. The largest absolute Gasteiger partial charge is 0.490 e. The summed E-state index contributed by atoms with van der Waals surface area (Å²) < 4.78 is 19.9. The molecular formula is C22H34FIN4O2. The van der Waals surface area contributed by atoms with E-state index in [0.29, 0.717) is 24.2 Å². The van der Waals surface area contributed by atoms with Gasteiger partial charge in [-0.2, -0.15) is 0 Å². The van der Waals surface area contributed by atoms with Crippen molar-refractivity contribution in [3.05, 3.63) is 29.6 Å². The molecule has 168 valence electrons. The van der Waals surface area contributed by atoms with Crippen molar-refractivity contribution in [3.63, 3.8) is 0 Å². The van der Waals surface area contributed by atoms with Crippen LogP contribution in [0.15, 0.2) is 23.2 Å². The number of aliphatic imine (C=N–C) groups is 1. The Morgan fingerprint density at radius 1 is 1.23 bits per heavy atom. The van der Waals surface area contributed by atoms with Crippen LogP contribution < -0.4 is 20.7 Å². The lowest BCUT2D eigenvalue weighted by Crippen LogP contribution is -2.46. The summed E-state index contributed by atoms with van der Waals surface area (Å²) in [4.78, 5) is 16.3. The van der Waals surface area contributed by atoms with Gasteiger partial charge in [-0.1, -0.05) is 25.3 Å². The molecule has 8 heteroatoms. The average Bonchev–Trinajstić information content (AvgIpc) is 3.55. The third-order valence-corrected chi connectivity index (χ3v) is 5.59. The molecule has 0 heterocycles. The molecule has 0 aromatic heterocycles. The summed E-state index contributed by atoms with van der Waals surface area (Å²) in [6.45, 7) is 2.67. The molecule has 0 spiro atoms. The zero-order valence-corrected chi connectivity index (χ0v) is 20.2. The maximum absolute atomic E-state index is 14.3. The van der Waals surface area contributed by atoms with Crippen molar-refractivity contribution in [1.82, 2.24) is 16.0 Å². The minimum atomic E-state index is -0.355. The molecule has 3 rings (SSSR count). The number of hydrogen-bond donors (Lipinski definition) is 3. The van der Waals surface area contributed by atoms with E-state index in [1.165, 1.54) is 38.2 Å². The zero-order chi connectivity index (χ0) is 20.6. The summed E-state index contributed by atoms with van der Waals surface area (Å²) in [5.74, 6) is 1.00. The highest BCUT2D eigenvalue weighted by molar-refractivity contribution is 14.0. The summed E-state index contributed by atoms with van der Waals surface area (Å²) >= 11 is 0. The monoisotopic (exact) mass is 532 g/mol. The molecule has 0 bridgehead atoms. The molecule has 0 aliphatic heterocycles. The van der Waals surface area contributed by atoms with Gasteiger partial charge in [0, 0.05) is 13.1 Å². The Morgan fingerprint density at radius 2 is 1.97 bits per heavy atom. The fourth-order valence-corrected chi connectivity index (χ4v) is 3.57. The number of carbonyl (C=O) groups excluding carboxylic acids is 1. The van der Waals surface area contributed by atoms with Crippen molar-refractivity contribution in [1.29, 1.82) is 0 Å². The second kappa shape index (κ2) is 12.3. The van der Waals surface area contributed by atoms with Crippen LogP contribution in [0.4, 0.5) is 4.39 Å². The van der Waals surface area contributed by atoms with Gasteiger partial charge in [-0.3, -0.25) is 9.79 Å². The van der Waals surface area contributed by atoms with E-state index in [-0.39, 0.29) is 54.3 Å². The van der Waals surface area contributed by atoms with E-state index < -0.39 is 0 Å². The van der Waals surface area contributed by atoms with Crippen LogP contribution in [0.2, 0.25) is 0 Å². The number of ether oxygens (including phenoxy) is 1. The van der Waals surface area contributed by atoms with E-state index in [4.69, 9.17) is 4.74 Å². The highest BCUT2D eigenvalue weighted by Gasteiger charge is 2.22. The molecule has 0 radical (unpaired) electrons.